The van der Waals surface area contributed by atoms with Crippen LogP contribution in [0.3, 0.4) is 0 Å². The van der Waals surface area contributed by atoms with Gasteiger partial charge in [-0.2, -0.15) is 0 Å². The minimum Gasteiger partial charge on any atom is -0.450 e. The fourth-order valence-corrected chi connectivity index (χ4v) is 5.29. The molecular formula is C23H17ClN4O5S. The lowest BCUT2D eigenvalue weighted by Gasteiger charge is -2.21. The molecule has 172 valence electrons. The Bertz CT molecular complexity index is 1530. The van der Waals surface area contributed by atoms with E-state index in [1.807, 2.05) is 13.8 Å². The van der Waals surface area contributed by atoms with Gasteiger partial charge in [-0.3, -0.25) is 24.6 Å². The number of rotatable bonds is 5. The number of aromatic nitrogens is 2. The van der Waals surface area contributed by atoms with Gasteiger partial charge in [0.2, 0.25) is 10.9 Å². The van der Waals surface area contributed by atoms with Gasteiger partial charge in [-0.05, 0) is 29.7 Å². The fourth-order valence-electron chi connectivity index (χ4n) is 4.04. The second-order valence-corrected chi connectivity index (χ2v) is 9.80. The van der Waals surface area contributed by atoms with Crippen LogP contribution in [-0.2, 0) is 6.42 Å². The van der Waals surface area contributed by atoms with Gasteiger partial charge in [0, 0.05) is 23.6 Å². The summed E-state index contributed by atoms with van der Waals surface area (Å²) in [5, 5.41) is 21.4. The van der Waals surface area contributed by atoms with E-state index in [9.17, 15) is 19.7 Å². The van der Waals surface area contributed by atoms with Crippen molar-refractivity contribution in [1.29, 1.82) is 0 Å². The van der Waals surface area contributed by atoms with Gasteiger partial charge in [0.15, 0.2) is 5.43 Å². The molecule has 0 bridgehead atoms. The number of nitro groups is 1. The van der Waals surface area contributed by atoms with Gasteiger partial charge in [0.05, 0.1) is 21.9 Å². The van der Waals surface area contributed by atoms with E-state index in [0.29, 0.717) is 22.9 Å². The van der Waals surface area contributed by atoms with E-state index in [2.05, 4.69) is 10.2 Å². The molecule has 0 saturated heterocycles. The van der Waals surface area contributed by atoms with Crippen LogP contribution in [0, 0.1) is 16.0 Å². The zero-order valence-corrected chi connectivity index (χ0v) is 19.6. The second-order valence-electron chi connectivity index (χ2n) is 8.32. The molecule has 2 aromatic carbocycles. The zero-order valence-electron chi connectivity index (χ0n) is 18.0. The Labute approximate surface area is 201 Å². The van der Waals surface area contributed by atoms with E-state index < -0.39 is 22.3 Å². The number of benzene rings is 2. The van der Waals surface area contributed by atoms with Crippen LogP contribution >= 0.6 is 22.9 Å². The average molecular weight is 497 g/mol. The lowest BCUT2D eigenvalue weighted by atomic mass is 9.98. The van der Waals surface area contributed by atoms with Crippen LogP contribution < -0.4 is 10.3 Å². The van der Waals surface area contributed by atoms with Gasteiger partial charge in [-0.1, -0.05) is 48.9 Å². The fraction of sp³-hybridized carbons (Fsp3) is 0.217. The highest BCUT2D eigenvalue weighted by Crippen LogP contribution is 2.43. The summed E-state index contributed by atoms with van der Waals surface area (Å²) >= 11 is 7.34. The summed E-state index contributed by atoms with van der Waals surface area (Å²) in [6.07, 6.45) is 0.674. The number of amides is 1. The highest BCUT2D eigenvalue weighted by molar-refractivity contribution is 7.15. The third kappa shape index (κ3) is 3.64. The Balaban J connectivity index is 1.76. The molecule has 0 saturated carbocycles. The number of hydrogen-bond donors (Lipinski definition) is 0. The molecule has 4 aromatic rings. The maximum absolute atomic E-state index is 13.6. The molecule has 0 unspecified atom stereocenters. The monoisotopic (exact) mass is 496 g/mol. The second kappa shape index (κ2) is 8.30. The Kier molecular flexibility index (Phi) is 5.41. The molecule has 0 aliphatic carbocycles. The van der Waals surface area contributed by atoms with Crippen molar-refractivity contribution in [3.8, 4) is 0 Å². The predicted octanol–water partition coefficient (Wildman–Crippen LogP) is 5.15. The molecule has 0 spiro atoms. The van der Waals surface area contributed by atoms with Crippen molar-refractivity contribution in [3.05, 3.63) is 89.7 Å². The Hall–Kier alpha value is -3.63. The first-order valence-corrected chi connectivity index (χ1v) is 11.6. The van der Waals surface area contributed by atoms with E-state index in [1.165, 1.54) is 46.6 Å². The number of carbonyl (C=O) groups excluding carboxylic acids is 1. The summed E-state index contributed by atoms with van der Waals surface area (Å²) in [4.78, 5) is 39.4. The summed E-state index contributed by atoms with van der Waals surface area (Å²) in [6, 6.07) is 9.44. The standard InChI is InChI=1S/C23H17ClN4O5S/c1-11(2)8-17-25-26-23(34-17)27-19(12-4-3-5-14(9-12)28(31)32)18-20(29)15-10-13(24)6-7-16(15)33-21(18)22(27)30/h3-7,9-11,19H,8H2,1-2H3/t19-/m1/s1. The summed E-state index contributed by atoms with van der Waals surface area (Å²) < 4.78 is 5.88. The van der Waals surface area contributed by atoms with Gasteiger partial charge in [0.25, 0.3) is 11.6 Å². The topological polar surface area (TPSA) is 119 Å². The number of nitro benzene ring substituents is 1. The van der Waals surface area contributed by atoms with Gasteiger partial charge in [-0.15, -0.1) is 10.2 Å². The summed E-state index contributed by atoms with van der Waals surface area (Å²) in [7, 11) is 0. The SMILES string of the molecule is CC(C)Cc1nnc(N2C(=O)c3oc4ccc(Cl)cc4c(=O)c3[C@H]2c2cccc([N+](=O)[O-])c2)s1. The quantitative estimate of drug-likeness (QED) is 0.276. The van der Waals surface area contributed by atoms with E-state index in [4.69, 9.17) is 16.0 Å². The van der Waals surface area contributed by atoms with Gasteiger partial charge >= 0.3 is 0 Å². The first kappa shape index (κ1) is 22.2. The first-order valence-electron chi connectivity index (χ1n) is 10.4. The van der Waals surface area contributed by atoms with Crippen molar-refractivity contribution in [1.82, 2.24) is 10.2 Å². The van der Waals surface area contributed by atoms with Gasteiger partial charge in [0.1, 0.15) is 10.6 Å². The smallest absolute Gasteiger partial charge is 0.297 e. The number of anilines is 1. The van der Waals surface area contributed by atoms with Crippen molar-refractivity contribution in [2.45, 2.75) is 26.3 Å². The number of carbonyl (C=O) groups is 1. The third-order valence-electron chi connectivity index (χ3n) is 5.47. The molecular weight excluding hydrogens is 480 g/mol. The Morgan fingerprint density at radius 2 is 2.00 bits per heavy atom. The van der Waals surface area contributed by atoms with Crippen LogP contribution in [0.5, 0.6) is 0 Å². The van der Waals surface area contributed by atoms with E-state index >= 15 is 0 Å². The van der Waals surface area contributed by atoms with Gasteiger partial charge < -0.3 is 4.42 Å². The number of fused-ring (bicyclic) bond motifs is 2. The van der Waals surface area contributed by atoms with Crippen molar-refractivity contribution in [2.75, 3.05) is 4.90 Å². The molecule has 11 heteroatoms. The molecule has 1 aliphatic heterocycles. The van der Waals surface area contributed by atoms with Crippen LogP contribution in [-0.4, -0.2) is 21.0 Å². The summed E-state index contributed by atoms with van der Waals surface area (Å²) in [6.45, 7) is 4.09. The molecule has 2 aromatic heterocycles. The maximum atomic E-state index is 13.6. The highest BCUT2D eigenvalue weighted by atomic mass is 35.5. The van der Waals surface area contributed by atoms with Crippen LogP contribution in [0.1, 0.15) is 46.6 Å². The lowest BCUT2D eigenvalue weighted by molar-refractivity contribution is -0.384. The van der Waals surface area contributed by atoms with Crippen molar-refractivity contribution in [3.63, 3.8) is 0 Å². The number of nitrogens with zero attached hydrogens (tertiary/aromatic N) is 4. The van der Waals surface area contributed by atoms with E-state index in [1.54, 1.807) is 12.1 Å². The first-order chi connectivity index (χ1) is 16.2. The summed E-state index contributed by atoms with van der Waals surface area (Å²) in [5.74, 6) is -0.359. The molecule has 0 radical (unpaired) electrons. The third-order valence-corrected chi connectivity index (χ3v) is 6.65. The van der Waals surface area contributed by atoms with Gasteiger partial charge in [-0.25, -0.2) is 0 Å². The normalized spacial score (nSPS) is 15.4. The highest BCUT2D eigenvalue weighted by Gasteiger charge is 2.45. The lowest BCUT2D eigenvalue weighted by Crippen LogP contribution is -2.29. The van der Waals surface area contributed by atoms with E-state index in [0.717, 1.165) is 5.01 Å². The van der Waals surface area contributed by atoms with Crippen molar-refractivity contribution < 1.29 is 14.1 Å². The molecule has 1 atom stereocenters. The van der Waals surface area contributed by atoms with Crippen LogP contribution in [0.15, 0.2) is 51.7 Å². The molecule has 0 fully saturated rings. The number of halogens is 1. The van der Waals surface area contributed by atoms with E-state index in [-0.39, 0.29) is 33.1 Å². The van der Waals surface area contributed by atoms with Crippen molar-refractivity contribution >= 4 is 50.6 Å². The summed E-state index contributed by atoms with van der Waals surface area (Å²) in [5.41, 5.74) is 0.0951. The largest absolute Gasteiger partial charge is 0.450 e. The van der Waals surface area contributed by atoms with Crippen LogP contribution in [0.4, 0.5) is 10.8 Å². The van der Waals surface area contributed by atoms with Crippen LogP contribution in [0.2, 0.25) is 5.02 Å². The number of non-ortho nitro benzene ring substituents is 1. The van der Waals surface area contributed by atoms with Crippen LogP contribution in [0.25, 0.3) is 11.0 Å². The van der Waals surface area contributed by atoms with Crippen molar-refractivity contribution in [2.24, 2.45) is 5.92 Å². The molecule has 1 amide bonds. The molecule has 9 nitrogen and oxygen atoms in total. The number of hydrogen-bond acceptors (Lipinski definition) is 8. The molecule has 1 aliphatic rings. The zero-order chi connectivity index (χ0) is 24.1. The molecule has 3 heterocycles. The minimum absolute atomic E-state index is 0.0841. The average Bonchev–Trinajstić information content (AvgIpc) is 3.36. The Morgan fingerprint density at radius 3 is 2.74 bits per heavy atom. The molecule has 5 rings (SSSR count). The maximum Gasteiger partial charge on any atom is 0.297 e. The minimum atomic E-state index is -0.970. The molecule has 0 N–H and O–H groups in total. The predicted molar refractivity (Wildman–Crippen MR) is 128 cm³/mol. The molecule has 34 heavy (non-hydrogen) atoms. The Morgan fingerprint density at radius 1 is 1.21 bits per heavy atom.